The molecule has 0 atom stereocenters. The fraction of sp³-hybridized carbons (Fsp3) is 0.333. The first-order valence-electron chi connectivity index (χ1n) is 7.86. The van der Waals surface area contributed by atoms with Gasteiger partial charge in [-0.2, -0.15) is 0 Å². The molecule has 0 aliphatic heterocycles. The molecule has 8 nitrogen and oxygen atoms in total. The molecule has 140 valence electrons. The molecule has 0 unspecified atom stereocenters. The summed E-state index contributed by atoms with van der Waals surface area (Å²) in [5.74, 6) is 0.410. The molecule has 1 heterocycles. The topological polar surface area (TPSA) is 107 Å². The summed E-state index contributed by atoms with van der Waals surface area (Å²) in [7, 11) is 4.58. The molecule has 0 saturated carbocycles. The van der Waals surface area contributed by atoms with Gasteiger partial charge in [-0.25, -0.2) is 4.79 Å². The largest absolute Gasteiger partial charge is 0.493 e. The molecule has 0 aliphatic carbocycles. The van der Waals surface area contributed by atoms with Crippen molar-refractivity contribution in [2.24, 2.45) is 0 Å². The molecule has 0 radical (unpaired) electrons. The van der Waals surface area contributed by atoms with Crippen molar-refractivity contribution in [2.45, 2.75) is 19.4 Å². The van der Waals surface area contributed by atoms with Crippen LogP contribution in [0.1, 0.15) is 28.3 Å². The first kappa shape index (κ1) is 19.2. The number of aromatic carboxylic acids is 1. The van der Waals surface area contributed by atoms with E-state index in [9.17, 15) is 9.59 Å². The summed E-state index contributed by atoms with van der Waals surface area (Å²) in [5, 5.41) is 11.5. The zero-order chi connectivity index (χ0) is 19.1. The van der Waals surface area contributed by atoms with Gasteiger partial charge < -0.3 is 29.1 Å². The van der Waals surface area contributed by atoms with Gasteiger partial charge in [-0.05, 0) is 30.2 Å². The molecule has 2 aromatic rings. The number of carboxylic acids is 1. The zero-order valence-corrected chi connectivity index (χ0v) is 14.8. The zero-order valence-electron chi connectivity index (χ0n) is 14.8. The van der Waals surface area contributed by atoms with Crippen molar-refractivity contribution in [3.8, 4) is 17.2 Å². The number of nitrogens with one attached hydrogen (secondary N) is 1. The monoisotopic (exact) mass is 363 g/mol. The Morgan fingerprint density at radius 1 is 1.04 bits per heavy atom. The van der Waals surface area contributed by atoms with E-state index in [1.165, 1.54) is 33.5 Å². The molecule has 0 spiro atoms. The molecule has 8 heteroatoms. The van der Waals surface area contributed by atoms with Gasteiger partial charge in [0.25, 0.3) is 0 Å². The van der Waals surface area contributed by atoms with Gasteiger partial charge in [0.1, 0.15) is 5.76 Å². The van der Waals surface area contributed by atoms with Gasteiger partial charge >= 0.3 is 5.97 Å². The van der Waals surface area contributed by atoms with Gasteiger partial charge in [-0.3, -0.25) is 4.79 Å². The standard InChI is InChI=1S/C18H21NO7/c1-23-13-7-4-11(16(24-2)17(13)25-3)5-9-15(20)19-10-12-6-8-14(26-12)18(21)22/h4,6-8H,5,9-10H2,1-3H3,(H,19,20)(H,21,22). The predicted octanol–water partition coefficient (Wildman–Crippen LogP) is 2.25. The second kappa shape index (κ2) is 8.80. The van der Waals surface area contributed by atoms with E-state index >= 15 is 0 Å². The van der Waals surface area contributed by atoms with Crippen LogP contribution in [0.3, 0.4) is 0 Å². The number of carboxylic acid groups (broad SMARTS) is 1. The molecule has 1 aromatic heterocycles. The van der Waals surface area contributed by atoms with E-state index in [0.717, 1.165) is 5.56 Å². The van der Waals surface area contributed by atoms with Gasteiger partial charge in [0.15, 0.2) is 11.5 Å². The van der Waals surface area contributed by atoms with Crippen LogP contribution in [0.2, 0.25) is 0 Å². The summed E-state index contributed by atoms with van der Waals surface area (Å²) in [6, 6.07) is 6.43. The Morgan fingerprint density at radius 3 is 2.35 bits per heavy atom. The molecule has 26 heavy (non-hydrogen) atoms. The van der Waals surface area contributed by atoms with Crippen LogP contribution in [-0.2, 0) is 17.8 Å². The third-order valence-corrected chi connectivity index (χ3v) is 3.74. The minimum atomic E-state index is -1.15. The van der Waals surface area contributed by atoms with Crippen molar-refractivity contribution >= 4 is 11.9 Å². The Labute approximate surface area is 150 Å². The Morgan fingerprint density at radius 2 is 1.77 bits per heavy atom. The number of methoxy groups -OCH3 is 3. The molecular weight excluding hydrogens is 342 g/mol. The van der Waals surface area contributed by atoms with E-state index in [0.29, 0.717) is 29.4 Å². The smallest absolute Gasteiger partial charge is 0.371 e. The lowest BCUT2D eigenvalue weighted by Crippen LogP contribution is -2.22. The number of furan rings is 1. The number of rotatable bonds is 9. The van der Waals surface area contributed by atoms with Crippen molar-refractivity contribution in [1.29, 1.82) is 0 Å². The molecule has 2 rings (SSSR count). The van der Waals surface area contributed by atoms with Crippen LogP contribution in [0, 0.1) is 0 Å². The molecule has 0 fully saturated rings. The normalized spacial score (nSPS) is 10.3. The molecule has 2 N–H and O–H groups in total. The summed E-state index contributed by atoms with van der Waals surface area (Å²) in [6.45, 7) is 0.120. The van der Waals surface area contributed by atoms with E-state index in [2.05, 4.69) is 5.32 Å². The molecule has 0 aliphatic rings. The number of aryl methyl sites for hydroxylation is 1. The molecule has 0 bridgehead atoms. The summed E-state index contributed by atoms with van der Waals surface area (Å²) in [6.07, 6.45) is 0.659. The highest BCUT2D eigenvalue weighted by Crippen LogP contribution is 2.40. The van der Waals surface area contributed by atoms with E-state index in [4.69, 9.17) is 23.7 Å². The van der Waals surface area contributed by atoms with Gasteiger partial charge in [0.05, 0.1) is 27.9 Å². The fourth-order valence-electron chi connectivity index (χ4n) is 2.47. The Balaban J connectivity index is 1.95. The first-order chi connectivity index (χ1) is 12.5. The number of ether oxygens (including phenoxy) is 3. The maximum absolute atomic E-state index is 12.0. The Bertz CT molecular complexity index is 782. The fourth-order valence-corrected chi connectivity index (χ4v) is 2.47. The van der Waals surface area contributed by atoms with Crippen LogP contribution >= 0.6 is 0 Å². The SMILES string of the molecule is COc1ccc(CCC(=O)NCc2ccc(C(=O)O)o2)c(OC)c1OC. The summed E-state index contributed by atoms with van der Waals surface area (Å²) in [4.78, 5) is 22.8. The van der Waals surface area contributed by atoms with Gasteiger partial charge in [-0.1, -0.05) is 6.07 Å². The van der Waals surface area contributed by atoms with Gasteiger partial charge in [-0.15, -0.1) is 0 Å². The van der Waals surface area contributed by atoms with Gasteiger partial charge in [0, 0.05) is 6.42 Å². The number of hydrogen-bond acceptors (Lipinski definition) is 6. The second-order valence-electron chi connectivity index (χ2n) is 5.34. The lowest BCUT2D eigenvalue weighted by atomic mass is 10.1. The van der Waals surface area contributed by atoms with E-state index in [-0.39, 0.29) is 24.6 Å². The summed E-state index contributed by atoms with van der Waals surface area (Å²) >= 11 is 0. The highest BCUT2D eigenvalue weighted by molar-refractivity contribution is 5.84. The van der Waals surface area contributed by atoms with Crippen LogP contribution in [0.5, 0.6) is 17.2 Å². The number of carbonyl (C=O) groups is 2. The van der Waals surface area contributed by atoms with E-state index in [1.807, 2.05) is 6.07 Å². The van der Waals surface area contributed by atoms with Crippen LogP contribution in [-0.4, -0.2) is 38.3 Å². The molecule has 1 aromatic carbocycles. The van der Waals surface area contributed by atoms with Crippen molar-refractivity contribution in [2.75, 3.05) is 21.3 Å². The maximum atomic E-state index is 12.0. The van der Waals surface area contributed by atoms with Crippen LogP contribution in [0.25, 0.3) is 0 Å². The summed E-state index contributed by atoms with van der Waals surface area (Å²) in [5.41, 5.74) is 0.812. The van der Waals surface area contributed by atoms with Crippen LogP contribution in [0.15, 0.2) is 28.7 Å². The molecular formula is C18H21NO7. The molecule has 0 saturated heterocycles. The highest BCUT2D eigenvalue weighted by Gasteiger charge is 2.16. The Kier molecular flexibility index (Phi) is 6.48. The van der Waals surface area contributed by atoms with Crippen LogP contribution < -0.4 is 19.5 Å². The third-order valence-electron chi connectivity index (χ3n) is 3.74. The van der Waals surface area contributed by atoms with Crippen molar-refractivity contribution in [3.63, 3.8) is 0 Å². The number of hydrogen-bond donors (Lipinski definition) is 2. The summed E-state index contributed by atoms with van der Waals surface area (Å²) < 4.78 is 21.0. The second-order valence-corrected chi connectivity index (χ2v) is 5.34. The quantitative estimate of drug-likeness (QED) is 0.703. The van der Waals surface area contributed by atoms with Crippen molar-refractivity contribution in [1.82, 2.24) is 5.32 Å². The van der Waals surface area contributed by atoms with Crippen LogP contribution in [0.4, 0.5) is 0 Å². The average molecular weight is 363 g/mol. The Hall–Kier alpha value is -3.16. The average Bonchev–Trinajstić information content (AvgIpc) is 3.13. The van der Waals surface area contributed by atoms with E-state index in [1.54, 1.807) is 6.07 Å². The van der Waals surface area contributed by atoms with Crippen molar-refractivity contribution in [3.05, 3.63) is 41.3 Å². The number of benzene rings is 1. The first-order valence-corrected chi connectivity index (χ1v) is 7.86. The maximum Gasteiger partial charge on any atom is 0.371 e. The lowest BCUT2D eigenvalue weighted by molar-refractivity contribution is -0.121. The molecule has 1 amide bonds. The number of carbonyl (C=O) groups excluding carboxylic acids is 1. The van der Waals surface area contributed by atoms with E-state index < -0.39 is 5.97 Å². The predicted molar refractivity (Wildman–Crippen MR) is 91.9 cm³/mol. The minimum Gasteiger partial charge on any atom is -0.493 e. The van der Waals surface area contributed by atoms with Crippen molar-refractivity contribution < 1.29 is 33.3 Å². The lowest BCUT2D eigenvalue weighted by Gasteiger charge is -2.15. The third kappa shape index (κ3) is 4.47. The number of amides is 1. The van der Waals surface area contributed by atoms with Gasteiger partial charge in [0.2, 0.25) is 17.4 Å². The highest BCUT2D eigenvalue weighted by atomic mass is 16.5. The minimum absolute atomic E-state index is 0.120.